The predicted octanol–water partition coefficient (Wildman–Crippen LogP) is 1.01. The van der Waals surface area contributed by atoms with Gasteiger partial charge in [-0.3, -0.25) is 0 Å². The fourth-order valence-corrected chi connectivity index (χ4v) is 0. The maximum Gasteiger partial charge on any atom is 3.00 e. The molecule has 0 aliphatic heterocycles. The first kappa shape index (κ1) is 63.0. The summed E-state index contributed by atoms with van der Waals surface area (Å²) in [5.41, 5.74) is 0. The van der Waals surface area contributed by atoms with E-state index in [0.717, 1.165) is 0 Å². The van der Waals surface area contributed by atoms with Crippen LogP contribution in [0, 0.1) is 65.7 Å². The number of nitrogens with zero attached hydrogens (tertiary/aromatic N) is 6. The molecule has 71 valence electrons. The van der Waals surface area contributed by atoms with E-state index in [2.05, 4.69) is 4.85 Å². The average Bonchev–Trinajstić information content (AvgIpc) is 2.32. The second-order valence-corrected chi connectivity index (χ2v) is 0.224. The van der Waals surface area contributed by atoms with Crippen LogP contribution in [-0.4, -0.2) is 7.05 Å². The second-order valence-electron chi connectivity index (χ2n) is 0.224. The molecule has 0 saturated heterocycles. The van der Waals surface area contributed by atoms with E-state index in [1.54, 1.807) is 0 Å². The summed E-state index contributed by atoms with van der Waals surface area (Å²) in [6.07, 6.45) is 0. The molecular weight excluding hydrogens is 224 g/mol. The molecular formula is C7H3FeN6-2. The van der Waals surface area contributed by atoms with E-state index in [4.69, 9.17) is 65.7 Å². The molecule has 0 aliphatic rings. The van der Waals surface area contributed by atoms with Gasteiger partial charge in [-0.05, 0) is 0 Å². The van der Waals surface area contributed by atoms with Crippen LogP contribution in [0.25, 0.3) is 4.85 Å². The van der Waals surface area contributed by atoms with Gasteiger partial charge >= 0.3 is 17.1 Å². The van der Waals surface area contributed by atoms with Gasteiger partial charge in [0, 0.05) is 0 Å². The Balaban J connectivity index is -0.00000000838. The molecule has 0 atom stereocenters. The Bertz CT molecular complexity index is 135. The van der Waals surface area contributed by atoms with E-state index >= 15 is 0 Å². The van der Waals surface area contributed by atoms with E-state index in [1.807, 2.05) is 0 Å². The van der Waals surface area contributed by atoms with Gasteiger partial charge in [-0.2, -0.15) is 0 Å². The van der Waals surface area contributed by atoms with Crippen molar-refractivity contribution in [3.63, 3.8) is 0 Å². The third kappa shape index (κ3) is 105. The van der Waals surface area contributed by atoms with E-state index in [0.29, 0.717) is 0 Å². The fourth-order valence-electron chi connectivity index (χ4n) is 0. The van der Waals surface area contributed by atoms with Crippen molar-refractivity contribution in [3.8, 4) is 0 Å². The van der Waals surface area contributed by atoms with Crippen LogP contribution >= 0.6 is 0 Å². The Morgan fingerprint density at radius 3 is 0.643 bits per heavy atom. The Hall–Kier alpha value is -2.54. The van der Waals surface area contributed by atoms with Crippen LogP contribution in [0.1, 0.15) is 0 Å². The second kappa shape index (κ2) is 394. The molecule has 0 bridgehead atoms. The standard InChI is InChI=1S/C2H3N.5CN.Fe/c1-3-2;5*1-2;/h1H3;;;;;;/q;5*-1;+3. The minimum Gasteiger partial charge on any atom is -0.512 e. The van der Waals surface area contributed by atoms with Gasteiger partial charge in [-0.15, -0.1) is 0 Å². The van der Waals surface area contributed by atoms with Gasteiger partial charge < -0.3 is 64.0 Å². The summed E-state index contributed by atoms with van der Waals surface area (Å²) in [5, 5.41) is 31.2. The Morgan fingerprint density at radius 2 is 0.643 bits per heavy atom. The van der Waals surface area contributed by atoms with E-state index in [-0.39, 0.29) is 17.1 Å². The third-order valence-electron chi connectivity index (χ3n) is 0. The molecule has 0 fully saturated rings. The molecule has 0 aromatic carbocycles. The van der Waals surface area contributed by atoms with Crippen LogP contribution in [-0.2, 0) is 17.1 Å². The third-order valence-corrected chi connectivity index (χ3v) is 0. The summed E-state index contributed by atoms with van der Waals surface area (Å²) in [5.74, 6) is 0. The first-order valence-corrected chi connectivity index (χ1v) is 1.79. The molecule has 0 rings (SSSR count). The zero-order valence-electron chi connectivity index (χ0n) is 7.04. The fraction of sp³-hybridized carbons (Fsp3) is 0.143. The van der Waals surface area contributed by atoms with Crippen molar-refractivity contribution < 1.29 is 17.1 Å². The number of rotatable bonds is 0. The maximum atomic E-state index is 6.25. The normalized spacial score (nSPS) is 1.29. The van der Waals surface area contributed by atoms with Crippen LogP contribution in [0.5, 0.6) is 0 Å². The number of hydrogen-bond donors (Lipinski definition) is 0. The summed E-state index contributed by atoms with van der Waals surface area (Å²) in [6.45, 7) is 29.6. The summed E-state index contributed by atoms with van der Waals surface area (Å²) in [4.78, 5) is 2.75. The molecule has 6 nitrogen and oxygen atoms in total. The van der Waals surface area contributed by atoms with Crippen LogP contribution < -0.4 is 0 Å². The molecule has 0 aliphatic carbocycles. The molecule has 7 heteroatoms. The zero-order chi connectivity index (χ0) is 12.7. The topological polar surface area (TPSA) is 123 Å². The molecule has 0 unspecified atom stereocenters. The van der Waals surface area contributed by atoms with Crippen molar-refractivity contribution >= 4 is 0 Å². The predicted molar refractivity (Wildman–Crippen MR) is 37.4 cm³/mol. The minimum absolute atomic E-state index is 0. The van der Waals surface area contributed by atoms with Gasteiger partial charge in [0.2, 0.25) is 7.05 Å². The van der Waals surface area contributed by atoms with Crippen molar-refractivity contribution in [1.82, 2.24) is 0 Å². The Morgan fingerprint density at radius 1 is 0.643 bits per heavy atom. The largest absolute Gasteiger partial charge is 3.00 e. The quantitative estimate of drug-likeness (QED) is 0.451. The van der Waals surface area contributed by atoms with Crippen molar-refractivity contribution in [2.24, 2.45) is 0 Å². The van der Waals surface area contributed by atoms with Crippen LogP contribution in [0.4, 0.5) is 0 Å². The first-order chi connectivity index (χ1) is 6.41. The molecule has 1 radical (unpaired) electrons. The van der Waals surface area contributed by atoms with Crippen LogP contribution in [0.2, 0.25) is 0 Å². The van der Waals surface area contributed by atoms with Gasteiger partial charge in [0.25, 0.3) is 0 Å². The molecule has 0 saturated carbocycles. The first-order valence-electron chi connectivity index (χ1n) is 1.79. The Kier molecular flexibility index (Phi) is 1780. The summed E-state index contributed by atoms with van der Waals surface area (Å²) >= 11 is 0. The maximum absolute atomic E-state index is 6.25. The molecule has 0 spiro atoms. The van der Waals surface area contributed by atoms with Gasteiger partial charge in [0.1, 0.15) is 0 Å². The molecule has 0 aromatic heterocycles. The Labute approximate surface area is 95.1 Å². The number of hydrogen-bond acceptors (Lipinski definition) is 5. The van der Waals surface area contributed by atoms with Crippen molar-refractivity contribution in [1.29, 1.82) is 26.3 Å². The minimum atomic E-state index is 0. The molecule has 14 heavy (non-hydrogen) atoms. The SMILES string of the molecule is [C-]#N.[C-]#N.[C-]#N.[C-]#N.[C-]#N.[C-]#[N+]C.[Fe+3]. The van der Waals surface area contributed by atoms with E-state index in [9.17, 15) is 0 Å². The molecule has 0 heterocycles. The molecule has 0 aromatic rings. The van der Waals surface area contributed by atoms with Crippen LogP contribution in [0.3, 0.4) is 0 Å². The van der Waals surface area contributed by atoms with Gasteiger partial charge in [-0.1, -0.05) is 0 Å². The van der Waals surface area contributed by atoms with Crippen LogP contribution in [0.15, 0.2) is 0 Å². The van der Waals surface area contributed by atoms with Gasteiger partial charge in [0.15, 0.2) is 0 Å². The van der Waals surface area contributed by atoms with Crippen molar-refractivity contribution in [2.75, 3.05) is 7.05 Å². The summed E-state index contributed by atoms with van der Waals surface area (Å²) in [7, 11) is 1.42. The molecule has 0 amide bonds. The van der Waals surface area contributed by atoms with Crippen molar-refractivity contribution in [2.45, 2.75) is 0 Å². The van der Waals surface area contributed by atoms with Gasteiger partial charge in [0.05, 0.1) is 0 Å². The summed E-state index contributed by atoms with van der Waals surface area (Å²) in [6, 6.07) is 0. The monoisotopic (exact) mass is 227 g/mol. The van der Waals surface area contributed by atoms with E-state index < -0.39 is 0 Å². The average molecular weight is 227 g/mol. The summed E-state index contributed by atoms with van der Waals surface area (Å²) < 4.78 is 0. The zero-order valence-corrected chi connectivity index (χ0v) is 8.14. The van der Waals surface area contributed by atoms with E-state index in [1.165, 1.54) is 7.05 Å². The molecule has 0 N–H and O–H groups in total. The van der Waals surface area contributed by atoms with Crippen molar-refractivity contribution in [3.05, 3.63) is 44.3 Å². The smallest absolute Gasteiger partial charge is 0.512 e. The van der Waals surface area contributed by atoms with Gasteiger partial charge in [-0.25, -0.2) is 6.57 Å².